The van der Waals surface area contributed by atoms with E-state index in [9.17, 15) is 9.59 Å². The van der Waals surface area contributed by atoms with Crippen molar-refractivity contribution in [3.05, 3.63) is 57.0 Å². The van der Waals surface area contributed by atoms with Gasteiger partial charge in [-0.15, -0.1) is 0 Å². The van der Waals surface area contributed by atoms with E-state index in [0.29, 0.717) is 45.1 Å². The fourth-order valence-corrected chi connectivity index (χ4v) is 3.04. The lowest BCUT2D eigenvalue weighted by Gasteiger charge is -2.19. The van der Waals surface area contributed by atoms with Crippen molar-refractivity contribution < 1.29 is 9.59 Å². The Balaban J connectivity index is 2.00. The molecular formula is C19H20Cl3N3O2. The first-order valence-electron chi connectivity index (χ1n) is 8.43. The summed E-state index contributed by atoms with van der Waals surface area (Å²) >= 11 is 17.9. The van der Waals surface area contributed by atoms with Gasteiger partial charge in [0, 0.05) is 24.3 Å². The average molecular weight is 429 g/mol. The van der Waals surface area contributed by atoms with Crippen molar-refractivity contribution in [3.63, 3.8) is 0 Å². The molecule has 0 aliphatic heterocycles. The van der Waals surface area contributed by atoms with E-state index in [4.69, 9.17) is 34.8 Å². The number of carbonyl (C=O) groups excluding carboxylic acids is 2. The van der Waals surface area contributed by atoms with Crippen LogP contribution in [0.4, 0.5) is 11.4 Å². The molecule has 0 saturated carbocycles. The normalized spacial score (nSPS) is 10.4. The summed E-state index contributed by atoms with van der Waals surface area (Å²) < 4.78 is 0. The van der Waals surface area contributed by atoms with Gasteiger partial charge in [-0.3, -0.25) is 9.59 Å². The van der Waals surface area contributed by atoms with Gasteiger partial charge >= 0.3 is 0 Å². The number of amides is 2. The van der Waals surface area contributed by atoms with Crippen molar-refractivity contribution in [2.24, 2.45) is 0 Å². The second-order valence-electron chi connectivity index (χ2n) is 5.71. The molecule has 8 heteroatoms. The van der Waals surface area contributed by atoms with E-state index < -0.39 is 0 Å². The Morgan fingerprint density at radius 2 is 1.63 bits per heavy atom. The number of anilines is 2. The maximum atomic E-state index is 12.4. The molecule has 0 unspecified atom stereocenters. The molecule has 0 aromatic heterocycles. The Labute approximate surface area is 173 Å². The van der Waals surface area contributed by atoms with Gasteiger partial charge in [-0.2, -0.15) is 0 Å². The van der Waals surface area contributed by atoms with Crippen molar-refractivity contribution in [1.29, 1.82) is 0 Å². The minimum absolute atomic E-state index is 0.000508. The van der Waals surface area contributed by atoms with Gasteiger partial charge in [0.1, 0.15) is 0 Å². The van der Waals surface area contributed by atoms with Crippen molar-refractivity contribution >= 4 is 58.0 Å². The van der Waals surface area contributed by atoms with E-state index in [1.807, 2.05) is 13.8 Å². The van der Waals surface area contributed by atoms with Crippen LogP contribution in [0.3, 0.4) is 0 Å². The van der Waals surface area contributed by atoms with Crippen LogP contribution in [0.5, 0.6) is 0 Å². The van der Waals surface area contributed by atoms with Crippen LogP contribution in [0.15, 0.2) is 36.4 Å². The lowest BCUT2D eigenvalue weighted by molar-refractivity contribution is -0.114. The Bertz CT molecular complexity index is 839. The van der Waals surface area contributed by atoms with E-state index in [2.05, 4.69) is 10.6 Å². The molecule has 2 aromatic carbocycles. The van der Waals surface area contributed by atoms with Gasteiger partial charge in [-0.05, 0) is 44.2 Å². The molecule has 0 bridgehead atoms. The number of halogens is 3. The predicted molar refractivity (Wildman–Crippen MR) is 112 cm³/mol. The zero-order valence-electron chi connectivity index (χ0n) is 15.0. The van der Waals surface area contributed by atoms with Crippen molar-refractivity contribution in [2.45, 2.75) is 13.8 Å². The van der Waals surface area contributed by atoms with E-state index in [0.717, 1.165) is 0 Å². The molecule has 0 aliphatic rings. The summed E-state index contributed by atoms with van der Waals surface area (Å²) in [6.07, 6.45) is 0. The van der Waals surface area contributed by atoms with Gasteiger partial charge in [0.05, 0.1) is 27.3 Å². The van der Waals surface area contributed by atoms with Gasteiger partial charge in [0.25, 0.3) is 5.91 Å². The number of nitrogens with zero attached hydrogens (tertiary/aromatic N) is 1. The van der Waals surface area contributed by atoms with Crippen LogP contribution >= 0.6 is 34.8 Å². The molecular weight excluding hydrogens is 409 g/mol. The monoisotopic (exact) mass is 427 g/mol. The first kappa shape index (κ1) is 21.4. The Kier molecular flexibility index (Phi) is 7.78. The molecule has 2 amide bonds. The van der Waals surface area contributed by atoms with Crippen LogP contribution in [0, 0.1) is 0 Å². The summed E-state index contributed by atoms with van der Waals surface area (Å²) in [7, 11) is 0. The molecule has 0 fully saturated rings. The fraction of sp³-hybridized carbons (Fsp3) is 0.263. The van der Waals surface area contributed by atoms with Crippen molar-refractivity contribution in [1.82, 2.24) is 4.90 Å². The third-order valence-corrected chi connectivity index (χ3v) is 4.93. The second kappa shape index (κ2) is 9.83. The molecule has 0 atom stereocenters. The molecule has 0 saturated heterocycles. The summed E-state index contributed by atoms with van der Waals surface area (Å²) in [4.78, 5) is 26.3. The molecule has 0 spiro atoms. The fourth-order valence-electron chi connectivity index (χ4n) is 2.45. The maximum Gasteiger partial charge on any atom is 0.253 e. The third kappa shape index (κ3) is 5.76. The first-order valence-corrected chi connectivity index (χ1v) is 9.56. The summed E-state index contributed by atoms with van der Waals surface area (Å²) in [6.45, 7) is 5.14. The summed E-state index contributed by atoms with van der Waals surface area (Å²) in [6, 6.07) is 10.00. The maximum absolute atomic E-state index is 12.4. The summed E-state index contributed by atoms with van der Waals surface area (Å²) in [5.74, 6) is -0.355. The summed E-state index contributed by atoms with van der Waals surface area (Å²) in [5.41, 5.74) is 1.61. The van der Waals surface area contributed by atoms with Gasteiger partial charge < -0.3 is 15.5 Å². The predicted octanol–water partition coefficient (Wildman–Crippen LogP) is 5.18. The first-order chi connectivity index (χ1) is 12.8. The zero-order chi connectivity index (χ0) is 20.0. The molecule has 2 N–H and O–H groups in total. The van der Waals surface area contributed by atoms with E-state index in [1.54, 1.807) is 29.2 Å². The number of hydrogen-bond donors (Lipinski definition) is 2. The molecule has 144 valence electrons. The van der Waals surface area contributed by atoms with E-state index in [-0.39, 0.29) is 18.4 Å². The van der Waals surface area contributed by atoms with Gasteiger partial charge in [0.2, 0.25) is 5.91 Å². The average Bonchev–Trinajstić information content (AvgIpc) is 2.65. The molecule has 5 nitrogen and oxygen atoms in total. The van der Waals surface area contributed by atoms with Crippen molar-refractivity contribution in [2.75, 3.05) is 30.3 Å². The number of benzene rings is 2. The molecule has 27 heavy (non-hydrogen) atoms. The SMILES string of the molecule is CCN(CC)C(=O)c1cccc(NCC(=O)Nc2cc(Cl)c(Cl)cc2Cl)c1. The number of hydrogen-bond acceptors (Lipinski definition) is 3. The quantitative estimate of drug-likeness (QED) is 0.597. The Morgan fingerprint density at radius 1 is 0.963 bits per heavy atom. The highest BCUT2D eigenvalue weighted by Crippen LogP contribution is 2.32. The zero-order valence-corrected chi connectivity index (χ0v) is 17.3. The van der Waals surface area contributed by atoms with E-state index in [1.165, 1.54) is 12.1 Å². The topological polar surface area (TPSA) is 61.4 Å². The molecule has 2 aromatic rings. The lowest BCUT2D eigenvalue weighted by atomic mass is 10.1. The van der Waals surface area contributed by atoms with E-state index >= 15 is 0 Å². The second-order valence-corrected chi connectivity index (χ2v) is 6.93. The van der Waals surface area contributed by atoms with Crippen LogP contribution in [-0.2, 0) is 4.79 Å². The minimum atomic E-state index is -0.309. The standard InChI is InChI=1S/C19H20Cl3N3O2/c1-3-25(4-2)19(27)12-6-5-7-13(8-12)23-11-18(26)24-17-10-15(21)14(20)9-16(17)22/h5-10,23H,3-4,11H2,1-2H3,(H,24,26). The molecule has 0 heterocycles. The minimum Gasteiger partial charge on any atom is -0.376 e. The summed E-state index contributed by atoms with van der Waals surface area (Å²) in [5, 5.41) is 6.57. The van der Waals surface area contributed by atoms with Gasteiger partial charge in [0.15, 0.2) is 0 Å². The molecule has 2 rings (SSSR count). The van der Waals surface area contributed by atoms with Crippen LogP contribution < -0.4 is 10.6 Å². The van der Waals surface area contributed by atoms with Crippen LogP contribution in [0.25, 0.3) is 0 Å². The highest BCUT2D eigenvalue weighted by atomic mass is 35.5. The number of carbonyl (C=O) groups is 2. The Hall–Kier alpha value is -1.95. The van der Waals surface area contributed by atoms with Gasteiger partial charge in [-0.25, -0.2) is 0 Å². The Morgan fingerprint density at radius 3 is 2.30 bits per heavy atom. The van der Waals surface area contributed by atoms with Crippen molar-refractivity contribution in [3.8, 4) is 0 Å². The number of nitrogens with one attached hydrogen (secondary N) is 2. The highest BCUT2D eigenvalue weighted by Gasteiger charge is 2.13. The molecule has 0 radical (unpaired) electrons. The molecule has 0 aliphatic carbocycles. The van der Waals surface area contributed by atoms with Gasteiger partial charge in [-0.1, -0.05) is 40.9 Å². The lowest BCUT2D eigenvalue weighted by Crippen LogP contribution is -2.30. The highest BCUT2D eigenvalue weighted by molar-refractivity contribution is 6.44. The van der Waals surface area contributed by atoms with Crippen LogP contribution in [0.1, 0.15) is 24.2 Å². The van der Waals surface area contributed by atoms with Crippen LogP contribution in [-0.4, -0.2) is 36.3 Å². The largest absolute Gasteiger partial charge is 0.376 e. The van der Waals surface area contributed by atoms with Crippen LogP contribution in [0.2, 0.25) is 15.1 Å². The number of rotatable bonds is 7. The smallest absolute Gasteiger partial charge is 0.253 e. The third-order valence-electron chi connectivity index (χ3n) is 3.90.